The van der Waals surface area contributed by atoms with E-state index in [1.165, 1.54) is 0 Å². The maximum absolute atomic E-state index is 12.2. The van der Waals surface area contributed by atoms with Gasteiger partial charge in [-0.05, 0) is 11.1 Å². The van der Waals surface area contributed by atoms with E-state index in [1.54, 1.807) is 0 Å². The number of alkyl halides is 3. The van der Waals surface area contributed by atoms with Crippen molar-refractivity contribution in [3.8, 4) is 0 Å². The Hall–Kier alpha value is -1.26. The molecule has 3 nitrogen and oxygen atoms in total. The molecule has 2 aromatic rings. The molecule has 122 valence electrons. The second-order valence-electron chi connectivity index (χ2n) is 5.07. The fourth-order valence-electron chi connectivity index (χ4n) is 2.06. The summed E-state index contributed by atoms with van der Waals surface area (Å²) in [4.78, 5) is 12.2. The largest absolute Gasteiger partial charge is 0.336 e. The van der Waals surface area contributed by atoms with Gasteiger partial charge in [0, 0.05) is 6.54 Å². The topological polar surface area (TPSA) is 41.1 Å². The molecule has 0 aliphatic heterocycles. The van der Waals surface area contributed by atoms with Crippen LogP contribution in [0.4, 0.5) is 0 Å². The van der Waals surface area contributed by atoms with Crippen molar-refractivity contribution in [1.29, 1.82) is 0 Å². The van der Waals surface area contributed by atoms with E-state index in [4.69, 9.17) is 34.8 Å². The van der Waals surface area contributed by atoms with Gasteiger partial charge in [0.1, 0.15) is 6.17 Å². The number of nitrogens with one attached hydrogen (secondary N) is 2. The van der Waals surface area contributed by atoms with E-state index in [1.807, 2.05) is 60.7 Å². The van der Waals surface area contributed by atoms with Crippen molar-refractivity contribution in [2.24, 2.45) is 0 Å². The molecule has 2 rings (SSSR count). The fraction of sp³-hybridized carbons (Fsp3) is 0.235. The summed E-state index contributed by atoms with van der Waals surface area (Å²) in [5.41, 5.74) is 1.93. The zero-order valence-corrected chi connectivity index (χ0v) is 14.6. The number of hydrogen-bond donors (Lipinski definition) is 2. The van der Waals surface area contributed by atoms with Crippen LogP contribution in [-0.2, 0) is 17.8 Å². The molecule has 6 heteroatoms. The fourth-order valence-corrected chi connectivity index (χ4v) is 2.45. The minimum Gasteiger partial charge on any atom is -0.336 e. The zero-order valence-electron chi connectivity index (χ0n) is 12.3. The molecule has 0 spiro atoms. The van der Waals surface area contributed by atoms with Gasteiger partial charge in [0.15, 0.2) is 0 Å². The lowest BCUT2D eigenvalue weighted by Gasteiger charge is -2.26. The summed E-state index contributed by atoms with van der Waals surface area (Å²) in [6, 6.07) is 19.1. The molecular weight excluding hydrogens is 355 g/mol. The molecule has 0 saturated heterocycles. The first-order valence-electron chi connectivity index (χ1n) is 7.12. The summed E-state index contributed by atoms with van der Waals surface area (Å²) in [6.07, 6.45) is -0.561. The second kappa shape index (κ2) is 8.55. The molecule has 0 aliphatic carbocycles. The van der Waals surface area contributed by atoms with Crippen LogP contribution in [0.5, 0.6) is 0 Å². The van der Waals surface area contributed by atoms with Crippen LogP contribution in [0.1, 0.15) is 11.1 Å². The van der Waals surface area contributed by atoms with E-state index in [0.717, 1.165) is 11.1 Å². The Balaban J connectivity index is 1.94. The van der Waals surface area contributed by atoms with Gasteiger partial charge in [-0.25, -0.2) is 0 Å². The second-order valence-corrected chi connectivity index (χ2v) is 7.44. The van der Waals surface area contributed by atoms with Crippen LogP contribution in [0, 0.1) is 0 Å². The minimum atomic E-state index is -1.65. The number of hydrogen-bond acceptors (Lipinski definition) is 2. The van der Waals surface area contributed by atoms with Gasteiger partial charge in [0.05, 0.1) is 6.42 Å². The van der Waals surface area contributed by atoms with E-state index in [-0.39, 0.29) is 12.3 Å². The van der Waals surface area contributed by atoms with E-state index < -0.39 is 9.96 Å². The molecule has 2 N–H and O–H groups in total. The predicted octanol–water partition coefficient (Wildman–Crippen LogP) is 3.83. The summed E-state index contributed by atoms with van der Waals surface area (Å²) in [5.74, 6) is -0.215. The standard InChI is InChI=1S/C17H17Cl3N2O/c18-17(19,20)16(21-12-14-9-5-2-6-10-14)22-15(23)11-13-7-3-1-4-8-13/h1-10,16,21H,11-12H2,(H,22,23). The summed E-state index contributed by atoms with van der Waals surface area (Å²) >= 11 is 17.9. The van der Waals surface area contributed by atoms with Gasteiger partial charge in [-0.2, -0.15) is 0 Å². The minimum absolute atomic E-state index is 0.215. The van der Waals surface area contributed by atoms with Crippen molar-refractivity contribution in [1.82, 2.24) is 10.6 Å². The molecule has 1 amide bonds. The van der Waals surface area contributed by atoms with Crippen molar-refractivity contribution in [2.45, 2.75) is 22.9 Å². The Bertz CT molecular complexity index is 615. The molecule has 0 heterocycles. The zero-order chi connectivity index (χ0) is 16.7. The molecule has 0 saturated carbocycles. The molecule has 23 heavy (non-hydrogen) atoms. The Morgan fingerprint density at radius 1 is 0.913 bits per heavy atom. The van der Waals surface area contributed by atoms with Gasteiger partial charge < -0.3 is 5.32 Å². The van der Waals surface area contributed by atoms with Gasteiger partial charge in [0.25, 0.3) is 0 Å². The van der Waals surface area contributed by atoms with E-state index in [0.29, 0.717) is 6.54 Å². The van der Waals surface area contributed by atoms with Crippen LogP contribution in [0.2, 0.25) is 0 Å². The summed E-state index contributed by atoms with van der Waals surface area (Å²) in [5, 5.41) is 5.79. The van der Waals surface area contributed by atoms with Crippen molar-refractivity contribution in [2.75, 3.05) is 0 Å². The number of halogens is 3. The number of benzene rings is 2. The van der Waals surface area contributed by atoms with Gasteiger partial charge >= 0.3 is 0 Å². The van der Waals surface area contributed by atoms with Gasteiger partial charge in [-0.3, -0.25) is 10.1 Å². The maximum atomic E-state index is 12.2. The molecule has 1 atom stereocenters. The monoisotopic (exact) mass is 370 g/mol. The molecule has 0 aliphatic rings. The van der Waals surface area contributed by atoms with Gasteiger partial charge in [0.2, 0.25) is 9.70 Å². The summed E-state index contributed by atoms with van der Waals surface area (Å²) in [6.45, 7) is 0.477. The average molecular weight is 372 g/mol. The summed E-state index contributed by atoms with van der Waals surface area (Å²) in [7, 11) is 0. The quantitative estimate of drug-likeness (QED) is 0.598. The molecule has 0 radical (unpaired) electrons. The van der Waals surface area contributed by atoms with Crippen LogP contribution >= 0.6 is 34.8 Å². The average Bonchev–Trinajstić information content (AvgIpc) is 2.52. The van der Waals surface area contributed by atoms with Crippen molar-refractivity contribution in [3.05, 3.63) is 71.8 Å². The number of rotatable bonds is 6. The van der Waals surface area contributed by atoms with E-state index >= 15 is 0 Å². The number of amides is 1. The molecular formula is C17H17Cl3N2O. The van der Waals surface area contributed by atoms with E-state index in [2.05, 4.69) is 10.6 Å². The lowest BCUT2D eigenvalue weighted by molar-refractivity contribution is -0.121. The van der Waals surface area contributed by atoms with Crippen molar-refractivity contribution < 1.29 is 4.79 Å². The molecule has 1 unspecified atom stereocenters. The molecule has 0 fully saturated rings. The maximum Gasteiger partial charge on any atom is 0.225 e. The lowest BCUT2D eigenvalue weighted by Crippen LogP contribution is -2.53. The SMILES string of the molecule is O=C(Cc1ccccc1)NC(NCc1ccccc1)C(Cl)(Cl)Cl. The van der Waals surface area contributed by atoms with Crippen molar-refractivity contribution in [3.63, 3.8) is 0 Å². The Kier molecular flexibility index (Phi) is 6.72. The normalized spacial score (nSPS) is 12.7. The smallest absolute Gasteiger partial charge is 0.225 e. The van der Waals surface area contributed by atoms with Crippen molar-refractivity contribution >= 4 is 40.7 Å². The highest BCUT2D eigenvalue weighted by Crippen LogP contribution is 2.29. The lowest BCUT2D eigenvalue weighted by atomic mass is 10.1. The highest BCUT2D eigenvalue weighted by Gasteiger charge is 2.33. The van der Waals surface area contributed by atoms with Gasteiger partial charge in [-0.1, -0.05) is 95.5 Å². The van der Waals surface area contributed by atoms with E-state index in [9.17, 15) is 4.79 Å². The Morgan fingerprint density at radius 3 is 1.96 bits per heavy atom. The predicted molar refractivity (Wildman–Crippen MR) is 95.6 cm³/mol. The number of carbonyl (C=O) groups excluding carboxylic acids is 1. The Labute approximate surface area is 150 Å². The first-order valence-corrected chi connectivity index (χ1v) is 8.26. The highest BCUT2D eigenvalue weighted by molar-refractivity contribution is 6.68. The first kappa shape index (κ1) is 18.1. The molecule has 0 bridgehead atoms. The highest BCUT2D eigenvalue weighted by atomic mass is 35.6. The first-order chi connectivity index (χ1) is 10.9. The van der Waals surface area contributed by atoms with Gasteiger partial charge in [-0.15, -0.1) is 0 Å². The third-order valence-electron chi connectivity index (χ3n) is 3.19. The van der Waals surface area contributed by atoms with Crippen LogP contribution in [-0.4, -0.2) is 15.9 Å². The van der Waals surface area contributed by atoms with Crippen LogP contribution < -0.4 is 10.6 Å². The molecule has 2 aromatic carbocycles. The van der Waals surface area contributed by atoms with Crippen LogP contribution in [0.15, 0.2) is 60.7 Å². The summed E-state index contributed by atoms with van der Waals surface area (Å²) < 4.78 is -1.65. The Morgan fingerprint density at radius 2 is 1.43 bits per heavy atom. The third-order valence-corrected chi connectivity index (χ3v) is 3.85. The third kappa shape index (κ3) is 6.40. The van der Waals surface area contributed by atoms with Crippen LogP contribution in [0.25, 0.3) is 0 Å². The number of carbonyl (C=O) groups is 1. The van der Waals surface area contributed by atoms with Crippen LogP contribution in [0.3, 0.4) is 0 Å². The molecule has 0 aromatic heterocycles.